The molecule has 1 aliphatic heterocycles. The largest absolute Gasteiger partial charge is 0.339 e. The second-order valence-corrected chi connectivity index (χ2v) is 8.07. The molecule has 2 aromatic rings. The number of hydrogen-bond donors (Lipinski definition) is 1. The summed E-state index contributed by atoms with van der Waals surface area (Å²) >= 11 is 1.80. The van der Waals surface area contributed by atoms with Crippen LogP contribution in [0.1, 0.15) is 10.4 Å². The van der Waals surface area contributed by atoms with Crippen molar-refractivity contribution in [2.45, 2.75) is 13.0 Å². The van der Waals surface area contributed by atoms with Crippen LogP contribution < -0.4 is 5.73 Å². The monoisotopic (exact) mass is 458 g/mol. The van der Waals surface area contributed by atoms with E-state index in [1.807, 2.05) is 11.0 Å². The number of carbonyl (C=O) groups excluding carboxylic acids is 1. The van der Waals surface area contributed by atoms with E-state index in [2.05, 4.69) is 51.6 Å². The molecule has 2 heterocycles. The summed E-state index contributed by atoms with van der Waals surface area (Å²) in [6.45, 7) is 7.21. The van der Waals surface area contributed by atoms with E-state index in [1.165, 1.54) is 10.4 Å². The predicted octanol–water partition coefficient (Wildman–Crippen LogP) is 2.74. The van der Waals surface area contributed by atoms with Crippen molar-refractivity contribution in [1.29, 1.82) is 0 Å². The lowest BCUT2D eigenvalue weighted by Crippen LogP contribution is -2.51. The first-order valence-corrected chi connectivity index (χ1v) is 10.6. The number of halogens is 2. The number of benzene rings is 1. The van der Waals surface area contributed by atoms with Crippen LogP contribution in [-0.4, -0.2) is 73.0 Å². The van der Waals surface area contributed by atoms with Crippen LogP contribution in [0.3, 0.4) is 0 Å². The van der Waals surface area contributed by atoms with E-state index in [9.17, 15) is 4.79 Å². The third-order valence-electron chi connectivity index (χ3n) is 5.05. The van der Waals surface area contributed by atoms with Crippen LogP contribution in [0.2, 0.25) is 0 Å². The molecular formula is C21H32Cl2N4OS. The Labute approximate surface area is 190 Å². The highest BCUT2D eigenvalue weighted by Crippen LogP contribution is 2.13. The molecule has 5 nitrogen and oxygen atoms in total. The number of carbonyl (C=O) groups is 1. The summed E-state index contributed by atoms with van der Waals surface area (Å²) in [7, 11) is 0. The molecular weight excluding hydrogens is 427 g/mol. The third kappa shape index (κ3) is 8.62. The lowest BCUT2D eigenvalue weighted by molar-refractivity contribution is -0.134. The number of amides is 1. The standard InChI is InChI=1S/C21H30N4OS.2ClH/c22-9-11-23(10-8-19-5-2-1-3-6-19)18-21(26)25-14-12-24(13-15-25)17-20-7-4-16-27-20;;/h1-7,16H,8-15,17-18,22H2;2*1H. The van der Waals surface area contributed by atoms with Crippen molar-refractivity contribution < 1.29 is 4.79 Å². The van der Waals surface area contributed by atoms with Crippen LogP contribution in [0.15, 0.2) is 47.8 Å². The van der Waals surface area contributed by atoms with Crippen LogP contribution >= 0.6 is 36.2 Å². The van der Waals surface area contributed by atoms with Crippen molar-refractivity contribution >= 4 is 42.1 Å². The highest BCUT2D eigenvalue weighted by molar-refractivity contribution is 7.09. The SMILES string of the molecule is Cl.Cl.NCCN(CCc1ccccc1)CC(=O)N1CCN(Cc2cccs2)CC1. The molecule has 1 saturated heterocycles. The van der Waals surface area contributed by atoms with E-state index in [0.29, 0.717) is 13.1 Å². The maximum atomic E-state index is 12.7. The van der Waals surface area contributed by atoms with E-state index >= 15 is 0 Å². The lowest BCUT2D eigenvalue weighted by Gasteiger charge is -2.35. The summed E-state index contributed by atoms with van der Waals surface area (Å²) in [5, 5.41) is 2.12. The first-order valence-electron chi connectivity index (χ1n) is 9.73. The Bertz CT molecular complexity index is 679. The highest BCUT2D eigenvalue weighted by atomic mass is 35.5. The van der Waals surface area contributed by atoms with Crippen molar-refractivity contribution in [3.05, 3.63) is 58.3 Å². The van der Waals surface area contributed by atoms with Gasteiger partial charge in [-0.05, 0) is 23.4 Å². The summed E-state index contributed by atoms with van der Waals surface area (Å²) in [6, 6.07) is 14.7. The molecule has 2 N–H and O–H groups in total. The van der Waals surface area contributed by atoms with E-state index in [4.69, 9.17) is 5.73 Å². The number of thiophene rings is 1. The lowest BCUT2D eigenvalue weighted by atomic mass is 10.1. The van der Waals surface area contributed by atoms with Gasteiger partial charge in [0.25, 0.3) is 0 Å². The summed E-state index contributed by atoms with van der Waals surface area (Å²) in [4.78, 5) is 20.8. The summed E-state index contributed by atoms with van der Waals surface area (Å²) in [6.07, 6.45) is 0.947. The minimum absolute atomic E-state index is 0. The fourth-order valence-electron chi connectivity index (χ4n) is 3.45. The van der Waals surface area contributed by atoms with Gasteiger partial charge in [-0.25, -0.2) is 0 Å². The fraction of sp³-hybridized carbons (Fsp3) is 0.476. The van der Waals surface area contributed by atoms with Gasteiger partial charge in [0.1, 0.15) is 0 Å². The summed E-state index contributed by atoms with van der Waals surface area (Å²) in [5.74, 6) is 0.229. The maximum absolute atomic E-state index is 12.7. The van der Waals surface area contributed by atoms with E-state index in [-0.39, 0.29) is 30.7 Å². The van der Waals surface area contributed by atoms with Crippen molar-refractivity contribution in [3.8, 4) is 0 Å². The molecule has 1 aromatic carbocycles. The molecule has 1 aromatic heterocycles. The molecule has 0 bridgehead atoms. The zero-order valence-corrected chi connectivity index (χ0v) is 19.2. The Hall–Kier alpha value is -1.15. The maximum Gasteiger partial charge on any atom is 0.236 e. The van der Waals surface area contributed by atoms with E-state index in [0.717, 1.165) is 52.2 Å². The number of rotatable bonds is 9. The summed E-state index contributed by atoms with van der Waals surface area (Å²) < 4.78 is 0. The van der Waals surface area contributed by atoms with Crippen molar-refractivity contribution in [3.63, 3.8) is 0 Å². The molecule has 1 fully saturated rings. The zero-order chi connectivity index (χ0) is 18.9. The second-order valence-electron chi connectivity index (χ2n) is 7.04. The van der Waals surface area contributed by atoms with Crippen molar-refractivity contribution in [1.82, 2.24) is 14.7 Å². The molecule has 0 unspecified atom stereocenters. The first kappa shape index (κ1) is 25.9. The minimum atomic E-state index is 0. The van der Waals surface area contributed by atoms with Gasteiger partial charge >= 0.3 is 0 Å². The smallest absolute Gasteiger partial charge is 0.236 e. The number of nitrogens with two attached hydrogens (primary N) is 1. The van der Waals surface area contributed by atoms with Crippen molar-refractivity contribution in [2.24, 2.45) is 5.73 Å². The molecule has 162 valence electrons. The molecule has 0 atom stereocenters. The van der Waals surface area contributed by atoms with E-state index in [1.54, 1.807) is 11.3 Å². The van der Waals surface area contributed by atoms with Crippen LogP contribution in [0, 0.1) is 0 Å². The van der Waals surface area contributed by atoms with Crippen LogP contribution in [0.4, 0.5) is 0 Å². The molecule has 3 rings (SSSR count). The Kier molecular flexibility index (Phi) is 12.5. The van der Waals surface area contributed by atoms with E-state index < -0.39 is 0 Å². The Balaban J connectivity index is 0.00000210. The zero-order valence-electron chi connectivity index (χ0n) is 16.7. The molecule has 1 amide bonds. The van der Waals surface area contributed by atoms with Crippen LogP contribution in [0.5, 0.6) is 0 Å². The van der Waals surface area contributed by atoms with Crippen molar-refractivity contribution in [2.75, 3.05) is 52.4 Å². The average Bonchev–Trinajstić information content (AvgIpc) is 3.21. The Morgan fingerprint density at radius 2 is 1.72 bits per heavy atom. The molecule has 0 saturated carbocycles. The van der Waals surface area contributed by atoms with Crippen LogP contribution in [-0.2, 0) is 17.8 Å². The minimum Gasteiger partial charge on any atom is -0.339 e. The summed E-state index contributed by atoms with van der Waals surface area (Å²) in [5.41, 5.74) is 7.06. The predicted molar refractivity (Wildman–Crippen MR) is 126 cm³/mol. The number of piperazine rings is 1. The Morgan fingerprint density at radius 1 is 1.00 bits per heavy atom. The Morgan fingerprint density at radius 3 is 2.34 bits per heavy atom. The normalized spacial score (nSPS) is 14.3. The first-order chi connectivity index (χ1) is 13.2. The third-order valence-corrected chi connectivity index (χ3v) is 5.91. The van der Waals surface area contributed by atoms with Gasteiger partial charge in [-0.1, -0.05) is 36.4 Å². The van der Waals surface area contributed by atoms with Gasteiger partial charge in [-0.15, -0.1) is 36.2 Å². The molecule has 1 aliphatic rings. The molecule has 0 spiro atoms. The second kappa shape index (κ2) is 14.0. The van der Waals surface area contributed by atoms with Gasteiger partial charge in [-0.2, -0.15) is 0 Å². The van der Waals surface area contributed by atoms with Gasteiger partial charge in [0, 0.05) is 57.2 Å². The van der Waals surface area contributed by atoms with Gasteiger partial charge in [0.2, 0.25) is 5.91 Å². The molecule has 8 heteroatoms. The van der Waals surface area contributed by atoms with Gasteiger partial charge < -0.3 is 10.6 Å². The van der Waals surface area contributed by atoms with Crippen LogP contribution in [0.25, 0.3) is 0 Å². The average molecular weight is 459 g/mol. The number of nitrogens with zero attached hydrogens (tertiary/aromatic N) is 3. The topological polar surface area (TPSA) is 52.8 Å². The van der Waals surface area contributed by atoms with Gasteiger partial charge in [-0.3, -0.25) is 14.6 Å². The number of hydrogen-bond acceptors (Lipinski definition) is 5. The molecule has 29 heavy (non-hydrogen) atoms. The fourth-order valence-corrected chi connectivity index (χ4v) is 4.20. The quantitative estimate of drug-likeness (QED) is 0.627. The molecule has 0 aliphatic carbocycles. The molecule has 0 radical (unpaired) electrons. The highest BCUT2D eigenvalue weighted by Gasteiger charge is 2.22. The van der Waals surface area contributed by atoms with Gasteiger partial charge in [0.05, 0.1) is 6.54 Å². The van der Waals surface area contributed by atoms with Gasteiger partial charge in [0.15, 0.2) is 0 Å².